The third kappa shape index (κ3) is 3.41. The van der Waals surface area contributed by atoms with Gasteiger partial charge < -0.3 is 11.1 Å². The predicted molar refractivity (Wildman–Crippen MR) is 69.5 cm³/mol. The summed E-state index contributed by atoms with van der Waals surface area (Å²) in [4.78, 5) is 21.9. The zero-order valence-electron chi connectivity index (χ0n) is 10.0. The fourth-order valence-electron chi connectivity index (χ4n) is 1.28. The van der Waals surface area contributed by atoms with Crippen LogP contribution in [0.5, 0.6) is 0 Å². The lowest BCUT2D eigenvalue weighted by Crippen LogP contribution is -2.39. The molecule has 0 aliphatic rings. The van der Waals surface area contributed by atoms with Gasteiger partial charge in [-0.15, -0.1) is 0 Å². The van der Waals surface area contributed by atoms with E-state index in [-0.39, 0.29) is 22.3 Å². The van der Waals surface area contributed by atoms with Crippen molar-refractivity contribution in [2.75, 3.05) is 5.32 Å². The van der Waals surface area contributed by atoms with E-state index in [9.17, 15) is 14.9 Å². The van der Waals surface area contributed by atoms with Gasteiger partial charge in [0.05, 0.1) is 11.0 Å². The van der Waals surface area contributed by atoms with E-state index in [1.54, 1.807) is 13.8 Å². The molecule has 1 unspecified atom stereocenters. The Labute approximate surface area is 109 Å². The average molecular weight is 272 g/mol. The first-order chi connectivity index (χ1) is 8.32. The molecule has 6 nitrogen and oxygen atoms in total. The van der Waals surface area contributed by atoms with Crippen LogP contribution in [-0.4, -0.2) is 16.9 Å². The number of carbonyl (C=O) groups is 1. The molecule has 0 bridgehead atoms. The third-order valence-corrected chi connectivity index (χ3v) is 2.67. The summed E-state index contributed by atoms with van der Waals surface area (Å²) in [7, 11) is 0. The van der Waals surface area contributed by atoms with Crippen molar-refractivity contribution in [3.63, 3.8) is 0 Å². The number of anilines is 1. The van der Waals surface area contributed by atoms with Crippen LogP contribution in [0.1, 0.15) is 13.8 Å². The summed E-state index contributed by atoms with van der Waals surface area (Å²) in [5.41, 5.74) is 5.49. The SMILES string of the molecule is CC(C)C(N)C(=O)Nc1ccc(Cl)cc1[N+](=O)[O-]. The number of nitro benzene ring substituents is 1. The molecule has 1 atom stereocenters. The van der Waals surface area contributed by atoms with Crippen molar-refractivity contribution in [1.29, 1.82) is 0 Å². The van der Waals surface area contributed by atoms with E-state index in [2.05, 4.69) is 5.32 Å². The molecule has 0 aliphatic carbocycles. The van der Waals surface area contributed by atoms with Gasteiger partial charge >= 0.3 is 0 Å². The molecule has 0 radical (unpaired) electrons. The largest absolute Gasteiger partial charge is 0.320 e. The smallest absolute Gasteiger partial charge is 0.294 e. The quantitative estimate of drug-likeness (QED) is 0.647. The van der Waals surface area contributed by atoms with Gasteiger partial charge in [-0.3, -0.25) is 14.9 Å². The summed E-state index contributed by atoms with van der Waals surface area (Å²) in [5, 5.41) is 13.5. The second-order valence-electron chi connectivity index (χ2n) is 4.18. The third-order valence-electron chi connectivity index (χ3n) is 2.44. The lowest BCUT2D eigenvalue weighted by atomic mass is 10.0. The molecule has 1 amide bonds. The van der Waals surface area contributed by atoms with Gasteiger partial charge in [-0.05, 0) is 18.1 Å². The molecule has 98 valence electrons. The Morgan fingerprint density at radius 3 is 2.61 bits per heavy atom. The summed E-state index contributed by atoms with van der Waals surface area (Å²) >= 11 is 5.67. The van der Waals surface area contributed by atoms with Gasteiger partial charge in [-0.1, -0.05) is 25.4 Å². The van der Waals surface area contributed by atoms with Crippen molar-refractivity contribution < 1.29 is 9.72 Å². The number of nitrogens with one attached hydrogen (secondary N) is 1. The van der Waals surface area contributed by atoms with E-state index in [0.717, 1.165) is 0 Å². The molecule has 7 heteroatoms. The molecule has 1 aromatic rings. The second kappa shape index (κ2) is 5.79. The van der Waals surface area contributed by atoms with Crippen LogP contribution in [0.2, 0.25) is 5.02 Å². The topological polar surface area (TPSA) is 98.3 Å². The molecule has 0 heterocycles. The molecular formula is C11H14ClN3O3. The second-order valence-corrected chi connectivity index (χ2v) is 4.61. The number of amides is 1. The highest BCUT2D eigenvalue weighted by Gasteiger charge is 2.21. The molecule has 0 fully saturated rings. The highest BCUT2D eigenvalue weighted by molar-refractivity contribution is 6.31. The van der Waals surface area contributed by atoms with Crippen molar-refractivity contribution in [2.45, 2.75) is 19.9 Å². The number of rotatable bonds is 4. The van der Waals surface area contributed by atoms with Gasteiger partial charge in [0.2, 0.25) is 5.91 Å². The van der Waals surface area contributed by atoms with Gasteiger partial charge in [0.1, 0.15) is 5.69 Å². The summed E-state index contributed by atoms with van der Waals surface area (Å²) in [6.45, 7) is 3.58. The Kier molecular flexibility index (Phi) is 4.63. The first-order valence-electron chi connectivity index (χ1n) is 5.33. The fraction of sp³-hybridized carbons (Fsp3) is 0.364. The van der Waals surface area contributed by atoms with Crippen LogP contribution in [0.3, 0.4) is 0 Å². The number of nitro groups is 1. The molecule has 0 saturated carbocycles. The van der Waals surface area contributed by atoms with Crippen molar-refractivity contribution >= 4 is 28.9 Å². The Morgan fingerprint density at radius 1 is 1.50 bits per heavy atom. The van der Waals surface area contributed by atoms with Crippen LogP contribution in [0.4, 0.5) is 11.4 Å². The molecular weight excluding hydrogens is 258 g/mol. The van der Waals surface area contributed by atoms with E-state index < -0.39 is 16.9 Å². The monoisotopic (exact) mass is 271 g/mol. The summed E-state index contributed by atoms with van der Waals surface area (Å²) in [6, 6.07) is 3.30. The highest BCUT2D eigenvalue weighted by Crippen LogP contribution is 2.27. The van der Waals surface area contributed by atoms with Gasteiger partial charge in [0.15, 0.2) is 0 Å². The molecule has 0 saturated heterocycles. The average Bonchev–Trinajstić information content (AvgIpc) is 2.29. The first kappa shape index (κ1) is 14.4. The number of hydrogen-bond acceptors (Lipinski definition) is 4. The minimum Gasteiger partial charge on any atom is -0.320 e. The molecule has 0 aliphatic heterocycles. The van der Waals surface area contributed by atoms with Crippen LogP contribution in [0.15, 0.2) is 18.2 Å². The minimum absolute atomic E-state index is 0.0589. The number of carbonyl (C=O) groups excluding carboxylic acids is 1. The molecule has 1 aromatic carbocycles. The van der Waals surface area contributed by atoms with Crippen molar-refractivity contribution in [3.05, 3.63) is 33.3 Å². The first-order valence-corrected chi connectivity index (χ1v) is 5.71. The van der Waals surface area contributed by atoms with Crippen molar-refractivity contribution in [1.82, 2.24) is 0 Å². The van der Waals surface area contributed by atoms with Crippen molar-refractivity contribution in [2.24, 2.45) is 11.7 Å². The number of halogens is 1. The van der Waals surface area contributed by atoms with E-state index in [1.807, 2.05) is 0 Å². The van der Waals surface area contributed by atoms with Crippen LogP contribution < -0.4 is 11.1 Å². The zero-order chi connectivity index (χ0) is 13.9. The lowest BCUT2D eigenvalue weighted by Gasteiger charge is -2.15. The maximum Gasteiger partial charge on any atom is 0.294 e. The zero-order valence-corrected chi connectivity index (χ0v) is 10.8. The van der Waals surface area contributed by atoms with Crippen LogP contribution in [-0.2, 0) is 4.79 Å². The molecule has 0 spiro atoms. The minimum atomic E-state index is -0.722. The summed E-state index contributed by atoms with van der Waals surface area (Å²) < 4.78 is 0. The van der Waals surface area contributed by atoms with Gasteiger partial charge in [-0.25, -0.2) is 0 Å². The number of nitrogens with two attached hydrogens (primary N) is 1. The highest BCUT2D eigenvalue weighted by atomic mass is 35.5. The molecule has 0 aromatic heterocycles. The van der Waals surface area contributed by atoms with E-state index >= 15 is 0 Å². The predicted octanol–water partition coefficient (Wildman–Crippen LogP) is 2.17. The van der Waals surface area contributed by atoms with Crippen LogP contribution >= 0.6 is 11.6 Å². The normalized spacial score (nSPS) is 12.3. The van der Waals surface area contributed by atoms with Gasteiger partial charge in [0.25, 0.3) is 5.69 Å². The fourth-order valence-corrected chi connectivity index (χ4v) is 1.45. The lowest BCUT2D eigenvalue weighted by molar-refractivity contribution is -0.383. The maximum absolute atomic E-state index is 11.7. The van der Waals surface area contributed by atoms with Crippen molar-refractivity contribution in [3.8, 4) is 0 Å². The van der Waals surface area contributed by atoms with Gasteiger partial charge in [-0.2, -0.15) is 0 Å². The van der Waals surface area contributed by atoms with E-state index in [0.29, 0.717) is 0 Å². The summed E-state index contributed by atoms with van der Waals surface area (Å²) in [5.74, 6) is -0.522. The van der Waals surface area contributed by atoms with Gasteiger partial charge in [0, 0.05) is 11.1 Å². The number of benzene rings is 1. The summed E-state index contributed by atoms with van der Waals surface area (Å²) in [6.07, 6.45) is 0. The van der Waals surface area contributed by atoms with E-state index in [1.165, 1.54) is 18.2 Å². The van der Waals surface area contributed by atoms with E-state index in [4.69, 9.17) is 17.3 Å². The number of hydrogen-bond donors (Lipinski definition) is 2. The van der Waals surface area contributed by atoms with Crippen LogP contribution in [0.25, 0.3) is 0 Å². The standard InChI is InChI=1S/C11H14ClN3O3/c1-6(2)10(13)11(16)14-8-4-3-7(12)5-9(8)15(17)18/h3-6,10H,13H2,1-2H3,(H,14,16). The Hall–Kier alpha value is -1.66. The number of nitrogens with zero attached hydrogens (tertiary/aromatic N) is 1. The Morgan fingerprint density at radius 2 is 2.11 bits per heavy atom. The van der Waals surface area contributed by atoms with Crippen LogP contribution in [0, 0.1) is 16.0 Å². The maximum atomic E-state index is 11.7. The molecule has 18 heavy (non-hydrogen) atoms. The molecule has 3 N–H and O–H groups in total. The molecule has 1 rings (SSSR count). The Bertz CT molecular complexity index is 477. The Balaban J connectivity index is 2.98.